The van der Waals surface area contributed by atoms with E-state index in [9.17, 15) is 4.39 Å². The number of hydrogen-bond acceptors (Lipinski definition) is 2. The van der Waals surface area contributed by atoms with Gasteiger partial charge in [0.15, 0.2) is 0 Å². The van der Waals surface area contributed by atoms with Crippen molar-refractivity contribution < 1.29 is 9.13 Å². The van der Waals surface area contributed by atoms with E-state index in [2.05, 4.69) is 6.07 Å². The van der Waals surface area contributed by atoms with Crippen LogP contribution in [0, 0.1) is 11.7 Å². The van der Waals surface area contributed by atoms with Crippen LogP contribution in [0.25, 0.3) is 0 Å². The molecule has 2 nitrogen and oxygen atoms in total. The smallest absolute Gasteiger partial charge is 0.141 e. The number of halogens is 2. The minimum Gasteiger partial charge on any atom is -0.493 e. The van der Waals surface area contributed by atoms with Crippen molar-refractivity contribution in [3.63, 3.8) is 0 Å². The highest BCUT2D eigenvalue weighted by Crippen LogP contribution is 2.29. The van der Waals surface area contributed by atoms with E-state index in [1.165, 1.54) is 11.6 Å². The van der Waals surface area contributed by atoms with Crippen LogP contribution in [0.15, 0.2) is 42.5 Å². The number of rotatable bonds is 3. The van der Waals surface area contributed by atoms with Crippen molar-refractivity contribution in [2.24, 2.45) is 11.7 Å². The van der Waals surface area contributed by atoms with E-state index in [4.69, 9.17) is 22.1 Å². The molecule has 0 saturated carbocycles. The molecule has 110 valence electrons. The van der Waals surface area contributed by atoms with E-state index in [0.29, 0.717) is 13.0 Å². The summed E-state index contributed by atoms with van der Waals surface area (Å²) >= 11 is 5.81. The van der Waals surface area contributed by atoms with Crippen LogP contribution in [0.5, 0.6) is 5.75 Å². The molecule has 0 saturated heterocycles. The molecular formula is C17H17ClFNO. The Bertz CT molecular complexity index is 646. The minimum absolute atomic E-state index is 0.0418. The fourth-order valence-electron chi connectivity index (χ4n) is 2.73. The molecule has 1 heterocycles. The highest BCUT2D eigenvalue weighted by Gasteiger charge is 2.25. The fourth-order valence-corrected chi connectivity index (χ4v) is 2.94. The molecule has 0 aromatic heterocycles. The number of fused-ring (bicyclic) bond motifs is 1. The number of hydrogen-bond donors (Lipinski definition) is 1. The molecule has 21 heavy (non-hydrogen) atoms. The van der Waals surface area contributed by atoms with Gasteiger partial charge in [0.05, 0.1) is 11.6 Å². The Labute approximate surface area is 128 Å². The van der Waals surface area contributed by atoms with Gasteiger partial charge in [0, 0.05) is 12.0 Å². The molecule has 2 unspecified atom stereocenters. The largest absolute Gasteiger partial charge is 0.493 e. The van der Waals surface area contributed by atoms with Crippen LogP contribution in [0.1, 0.15) is 11.1 Å². The summed E-state index contributed by atoms with van der Waals surface area (Å²) in [5.41, 5.74) is 8.46. The Morgan fingerprint density at radius 3 is 2.90 bits per heavy atom. The number of ether oxygens (including phenoxy) is 1. The molecule has 0 spiro atoms. The van der Waals surface area contributed by atoms with Crippen LogP contribution >= 0.6 is 11.6 Å². The molecule has 0 fully saturated rings. The summed E-state index contributed by atoms with van der Waals surface area (Å²) in [7, 11) is 0. The molecule has 2 aromatic carbocycles. The topological polar surface area (TPSA) is 35.2 Å². The van der Waals surface area contributed by atoms with Gasteiger partial charge in [-0.3, -0.25) is 0 Å². The van der Waals surface area contributed by atoms with Gasteiger partial charge in [-0.05, 0) is 42.2 Å². The SMILES string of the molecule is NC(Cc1ccc(F)c(Cl)c1)C1COc2ccccc2C1. The van der Waals surface area contributed by atoms with E-state index in [-0.39, 0.29) is 17.0 Å². The molecule has 2 N–H and O–H groups in total. The highest BCUT2D eigenvalue weighted by molar-refractivity contribution is 6.30. The summed E-state index contributed by atoms with van der Waals surface area (Å²) in [5, 5.41) is 0.143. The first kappa shape index (κ1) is 14.4. The van der Waals surface area contributed by atoms with Gasteiger partial charge in [-0.1, -0.05) is 35.9 Å². The van der Waals surface area contributed by atoms with Crippen LogP contribution in [0.3, 0.4) is 0 Å². The van der Waals surface area contributed by atoms with E-state index in [1.54, 1.807) is 12.1 Å². The standard InChI is InChI=1S/C17H17ClFNO/c18-14-7-11(5-6-15(14)19)8-16(20)13-9-12-3-1-2-4-17(12)21-10-13/h1-7,13,16H,8-10,20H2. The normalized spacial score (nSPS) is 18.7. The average Bonchev–Trinajstić information content (AvgIpc) is 2.50. The van der Waals surface area contributed by atoms with E-state index in [0.717, 1.165) is 17.7 Å². The van der Waals surface area contributed by atoms with Gasteiger partial charge in [-0.25, -0.2) is 4.39 Å². The third kappa shape index (κ3) is 3.20. The Balaban J connectivity index is 1.69. The monoisotopic (exact) mass is 305 g/mol. The first-order valence-corrected chi connectivity index (χ1v) is 7.41. The van der Waals surface area contributed by atoms with Crippen molar-refractivity contribution >= 4 is 11.6 Å². The Hall–Kier alpha value is -1.58. The Morgan fingerprint density at radius 1 is 1.29 bits per heavy atom. The molecule has 1 aliphatic heterocycles. The van der Waals surface area contributed by atoms with Crippen LogP contribution in [-0.4, -0.2) is 12.6 Å². The molecule has 2 atom stereocenters. The average molecular weight is 306 g/mol. The van der Waals surface area contributed by atoms with Crippen LogP contribution in [0.4, 0.5) is 4.39 Å². The van der Waals surface area contributed by atoms with Crippen molar-refractivity contribution in [2.75, 3.05) is 6.61 Å². The number of para-hydroxylation sites is 1. The zero-order valence-corrected chi connectivity index (χ0v) is 12.3. The van der Waals surface area contributed by atoms with Gasteiger partial charge in [0.2, 0.25) is 0 Å². The van der Waals surface area contributed by atoms with Gasteiger partial charge >= 0.3 is 0 Å². The number of benzene rings is 2. The molecule has 3 rings (SSSR count). The van der Waals surface area contributed by atoms with Crippen LogP contribution in [0.2, 0.25) is 5.02 Å². The van der Waals surface area contributed by atoms with Crippen molar-refractivity contribution in [1.29, 1.82) is 0 Å². The van der Waals surface area contributed by atoms with Crippen LogP contribution < -0.4 is 10.5 Å². The molecule has 1 aliphatic rings. The van der Waals surface area contributed by atoms with Gasteiger partial charge in [0.25, 0.3) is 0 Å². The molecule has 0 amide bonds. The fraction of sp³-hybridized carbons (Fsp3) is 0.294. The summed E-state index contributed by atoms with van der Waals surface area (Å²) in [6.45, 7) is 0.618. The minimum atomic E-state index is -0.399. The molecule has 0 bridgehead atoms. The maximum atomic E-state index is 13.2. The van der Waals surface area contributed by atoms with E-state index in [1.807, 2.05) is 18.2 Å². The van der Waals surface area contributed by atoms with Gasteiger partial charge in [-0.15, -0.1) is 0 Å². The lowest BCUT2D eigenvalue weighted by Gasteiger charge is -2.29. The van der Waals surface area contributed by atoms with Gasteiger partial charge in [0.1, 0.15) is 11.6 Å². The summed E-state index contributed by atoms with van der Waals surface area (Å²) in [6.07, 6.45) is 1.57. The first-order valence-electron chi connectivity index (χ1n) is 7.03. The van der Waals surface area contributed by atoms with Crippen LogP contribution in [-0.2, 0) is 12.8 Å². The molecule has 0 radical (unpaired) electrons. The summed E-state index contributed by atoms with van der Waals surface area (Å²) in [6, 6.07) is 12.8. The van der Waals surface area contributed by atoms with Crippen molar-refractivity contribution in [3.8, 4) is 5.75 Å². The highest BCUT2D eigenvalue weighted by atomic mass is 35.5. The lowest BCUT2D eigenvalue weighted by Crippen LogP contribution is -2.39. The second kappa shape index (κ2) is 6.04. The number of nitrogens with two attached hydrogens (primary N) is 1. The zero-order chi connectivity index (χ0) is 14.8. The Kier molecular flexibility index (Phi) is 4.13. The van der Waals surface area contributed by atoms with E-state index < -0.39 is 5.82 Å². The lowest BCUT2D eigenvalue weighted by molar-refractivity contribution is 0.199. The van der Waals surface area contributed by atoms with Gasteiger partial charge in [-0.2, -0.15) is 0 Å². The summed E-state index contributed by atoms with van der Waals surface area (Å²) < 4.78 is 18.9. The second-order valence-corrected chi connectivity index (χ2v) is 5.91. The maximum absolute atomic E-state index is 13.2. The third-order valence-electron chi connectivity index (χ3n) is 3.97. The molecular weight excluding hydrogens is 289 g/mol. The summed E-state index contributed by atoms with van der Waals surface area (Å²) in [4.78, 5) is 0. The first-order chi connectivity index (χ1) is 10.1. The zero-order valence-electron chi connectivity index (χ0n) is 11.6. The third-order valence-corrected chi connectivity index (χ3v) is 4.26. The molecule has 4 heteroatoms. The predicted octanol–water partition coefficient (Wildman–Crippen LogP) is 3.60. The summed E-state index contributed by atoms with van der Waals surface area (Å²) in [5.74, 6) is 0.804. The molecule has 2 aromatic rings. The lowest BCUT2D eigenvalue weighted by atomic mass is 9.87. The quantitative estimate of drug-likeness (QED) is 0.940. The Morgan fingerprint density at radius 2 is 2.10 bits per heavy atom. The van der Waals surface area contributed by atoms with Crippen molar-refractivity contribution in [3.05, 3.63) is 64.4 Å². The van der Waals surface area contributed by atoms with Gasteiger partial charge < -0.3 is 10.5 Å². The predicted molar refractivity (Wildman–Crippen MR) is 82.2 cm³/mol. The second-order valence-electron chi connectivity index (χ2n) is 5.50. The van der Waals surface area contributed by atoms with E-state index >= 15 is 0 Å². The van der Waals surface area contributed by atoms with Crippen molar-refractivity contribution in [2.45, 2.75) is 18.9 Å². The van der Waals surface area contributed by atoms with Crippen molar-refractivity contribution in [1.82, 2.24) is 0 Å². The maximum Gasteiger partial charge on any atom is 0.141 e. The molecule has 0 aliphatic carbocycles.